The van der Waals surface area contributed by atoms with Crippen LogP contribution < -0.4 is 20.1 Å². The Hall–Kier alpha value is -1.97. The maximum absolute atomic E-state index is 5.59. The summed E-state index contributed by atoms with van der Waals surface area (Å²) < 4.78 is 12.8. The number of nitrogens with zero attached hydrogens (tertiary/aromatic N) is 3. The van der Waals surface area contributed by atoms with Crippen LogP contribution >= 0.6 is 24.0 Å². The molecule has 0 amide bonds. The second-order valence-corrected chi connectivity index (χ2v) is 5.05. The third-order valence-corrected chi connectivity index (χ3v) is 3.37. The fourth-order valence-corrected chi connectivity index (χ4v) is 2.22. The van der Waals surface area contributed by atoms with Gasteiger partial charge in [0.1, 0.15) is 0 Å². The Bertz CT molecular complexity index is 646. The first-order chi connectivity index (χ1) is 11.8. The molecule has 0 atom stereocenters. The molecule has 0 unspecified atom stereocenters. The van der Waals surface area contributed by atoms with Crippen molar-refractivity contribution in [2.24, 2.45) is 4.99 Å². The zero-order valence-corrected chi connectivity index (χ0v) is 17.2. The monoisotopic (exact) mass is 459 g/mol. The summed E-state index contributed by atoms with van der Waals surface area (Å²) in [6.07, 6.45) is 4.70. The first kappa shape index (κ1) is 21.1. The first-order valence-corrected chi connectivity index (χ1v) is 8.02. The number of hydrogen-bond acceptors (Lipinski definition) is 4. The lowest BCUT2D eigenvalue weighted by molar-refractivity contribution is 0.311. The highest BCUT2D eigenvalue weighted by molar-refractivity contribution is 14.0. The Balaban J connectivity index is 0.00000312. The van der Waals surface area contributed by atoms with Gasteiger partial charge in [0.15, 0.2) is 17.5 Å². The zero-order valence-electron chi connectivity index (χ0n) is 14.9. The number of halogens is 1. The minimum Gasteiger partial charge on any atom is -0.493 e. The van der Waals surface area contributed by atoms with E-state index in [2.05, 4.69) is 20.7 Å². The van der Waals surface area contributed by atoms with Crippen LogP contribution in [0.4, 0.5) is 5.69 Å². The van der Waals surface area contributed by atoms with Gasteiger partial charge in [0.05, 0.1) is 13.7 Å². The molecule has 0 fully saturated rings. The number of aryl methyl sites for hydroxylation is 1. The van der Waals surface area contributed by atoms with Crippen LogP contribution in [0.3, 0.4) is 0 Å². The van der Waals surface area contributed by atoms with Crippen LogP contribution in [0.15, 0.2) is 41.7 Å². The van der Waals surface area contributed by atoms with Crippen LogP contribution in [0.25, 0.3) is 0 Å². The van der Waals surface area contributed by atoms with Crippen LogP contribution in [0.2, 0.25) is 0 Å². The van der Waals surface area contributed by atoms with E-state index >= 15 is 0 Å². The molecule has 1 aromatic carbocycles. The van der Waals surface area contributed by atoms with Gasteiger partial charge in [-0.3, -0.25) is 9.67 Å². The van der Waals surface area contributed by atoms with E-state index in [4.69, 9.17) is 9.47 Å². The van der Waals surface area contributed by atoms with E-state index in [-0.39, 0.29) is 24.0 Å². The van der Waals surface area contributed by atoms with E-state index in [0.717, 1.165) is 25.2 Å². The van der Waals surface area contributed by atoms with Crippen LogP contribution in [0.1, 0.15) is 13.3 Å². The van der Waals surface area contributed by atoms with Crippen molar-refractivity contribution in [1.82, 2.24) is 15.1 Å². The SMILES string of the molecule is CCOc1cc(NC(=NC)NCCCn2cccn2)ccc1OC.I. The van der Waals surface area contributed by atoms with E-state index in [9.17, 15) is 0 Å². The molecule has 138 valence electrons. The number of aliphatic imine (C=N–C) groups is 1. The van der Waals surface area contributed by atoms with Crippen LogP contribution in [-0.4, -0.2) is 43.0 Å². The smallest absolute Gasteiger partial charge is 0.195 e. The predicted molar refractivity (Wildman–Crippen MR) is 111 cm³/mol. The molecule has 0 aliphatic carbocycles. The molecule has 1 aromatic heterocycles. The summed E-state index contributed by atoms with van der Waals surface area (Å²) in [4.78, 5) is 4.24. The number of anilines is 1. The summed E-state index contributed by atoms with van der Waals surface area (Å²) in [7, 11) is 3.38. The molecule has 0 aliphatic rings. The van der Waals surface area contributed by atoms with Crippen molar-refractivity contribution in [2.45, 2.75) is 19.9 Å². The number of benzene rings is 1. The quantitative estimate of drug-likeness (QED) is 0.275. The van der Waals surface area contributed by atoms with Gasteiger partial charge in [-0.25, -0.2) is 0 Å². The molecule has 0 saturated carbocycles. The second-order valence-electron chi connectivity index (χ2n) is 5.05. The maximum Gasteiger partial charge on any atom is 0.195 e. The van der Waals surface area contributed by atoms with Gasteiger partial charge < -0.3 is 20.1 Å². The topological polar surface area (TPSA) is 72.7 Å². The highest BCUT2D eigenvalue weighted by atomic mass is 127. The predicted octanol–water partition coefficient (Wildman–Crippen LogP) is 2.99. The van der Waals surface area contributed by atoms with E-state index in [1.807, 2.05) is 42.1 Å². The first-order valence-electron chi connectivity index (χ1n) is 8.02. The Kier molecular flexibility index (Phi) is 9.75. The highest BCUT2D eigenvalue weighted by Gasteiger charge is 2.06. The number of methoxy groups -OCH3 is 1. The molecule has 2 rings (SSSR count). The number of guanidine groups is 1. The lowest BCUT2D eigenvalue weighted by atomic mass is 10.2. The van der Waals surface area contributed by atoms with Gasteiger partial charge in [0.2, 0.25) is 0 Å². The van der Waals surface area contributed by atoms with Gasteiger partial charge in [-0.15, -0.1) is 24.0 Å². The molecule has 2 aromatic rings. The Morgan fingerprint density at radius 2 is 2.16 bits per heavy atom. The molecule has 7 nitrogen and oxygen atoms in total. The van der Waals surface area contributed by atoms with Gasteiger partial charge in [-0.05, 0) is 31.5 Å². The molecular weight excluding hydrogens is 433 g/mol. The molecule has 0 spiro atoms. The number of aromatic nitrogens is 2. The molecule has 1 heterocycles. The third kappa shape index (κ3) is 6.81. The molecule has 25 heavy (non-hydrogen) atoms. The van der Waals surface area contributed by atoms with Gasteiger partial charge in [-0.2, -0.15) is 5.10 Å². The Morgan fingerprint density at radius 1 is 1.32 bits per heavy atom. The van der Waals surface area contributed by atoms with Gasteiger partial charge in [-0.1, -0.05) is 0 Å². The molecular formula is C17H26IN5O2. The molecule has 0 radical (unpaired) electrons. The van der Waals surface area contributed by atoms with E-state index in [1.165, 1.54) is 0 Å². The summed E-state index contributed by atoms with van der Waals surface area (Å²) in [5.41, 5.74) is 0.888. The Labute approximate surface area is 165 Å². The summed E-state index contributed by atoms with van der Waals surface area (Å²) in [5, 5.41) is 10.7. The molecule has 8 heteroatoms. The van der Waals surface area contributed by atoms with Crippen molar-refractivity contribution in [3.05, 3.63) is 36.7 Å². The van der Waals surface area contributed by atoms with Crippen molar-refractivity contribution in [2.75, 3.05) is 32.6 Å². The molecule has 0 saturated heterocycles. The zero-order chi connectivity index (χ0) is 17.2. The normalized spacial score (nSPS) is 10.8. The number of rotatable bonds is 8. The van der Waals surface area contributed by atoms with Crippen LogP contribution in [0, 0.1) is 0 Å². The van der Waals surface area contributed by atoms with E-state index in [1.54, 1.807) is 20.4 Å². The average molecular weight is 459 g/mol. The maximum atomic E-state index is 5.59. The van der Waals surface area contributed by atoms with Crippen molar-refractivity contribution in [3.63, 3.8) is 0 Å². The number of nitrogens with one attached hydrogen (secondary N) is 2. The van der Waals surface area contributed by atoms with Gasteiger partial charge >= 0.3 is 0 Å². The standard InChI is InChI=1S/C17H25N5O2.HI/c1-4-24-16-13-14(7-8-15(16)23-3)21-17(18-2)19-9-5-11-22-12-6-10-20-22;/h6-8,10,12-13H,4-5,9,11H2,1-3H3,(H2,18,19,21);1H. The number of ether oxygens (including phenoxy) is 2. The average Bonchev–Trinajstić information content (AvgIpc) is 3.11. The largest absolute Gasteiger partial charge is 0.493 e. The van der Waals surface area contributed by atoms with Crippen LogP contribution in [-0.2, 0) is 6.54 Å². The van der Waals surface area contributed by atoms with Crippen molar-refractivity contribution in [3.8, 4) is 11.5 Å². The van der Waals surface area contributed by atoms with E-state index in [0.29, 0.717) is 24.1 Å². The Morgan fingerprint density at radius 3 is 2.80 bits per heavy atom. The summed E-state index contributed by atoms with van der Waals surface area (Å²) >= 11 is 0. The minimum atomic E-state index is 0. The summed E-state index contributed by atoms with van der Waals surface area (Å²) in [6.45, 7) is 4.20. The minimum absolute atomic E-state index is 0. The van der Waals surface area contributed by atoms with Gasteiger partial charge in [0.25, 0.3) is 0 Å². The fourth-order valence-electron chi connectivity index (χ4n) is 2.22. The van der Waals surface area contributed by atoms with E-state index < -0.39 is 0 Å². The summed E-state index contributed by atoms with van der Waals surface area (Å²) in [6, 6.07) is 7.63. The molecule has 2 N–H and O–H groups in total. The molecule has 0 bridgehead atoms. The van der Waals surface area contributed by atoms with Crippen molar-refractivity contribution < 1.29 is 9.47 Å². The number of hydrogen-bond donors (Lipinski definition) is 2. The van der Waals surface area contributed by atoms with Crippen molar-refractivity contribution >= 4 is 35.6 Å². The third-order valence-electron chi connectivity index (χ3n) is 3.37. The fraction of sp³-hybridized carbons (Fsp3) is 0.412. The second kappa shape index (κ2) is 11.6. The van der Waals surface area contributed by atoms with Crippen LogP contribution in [0.5, 0.6) is 11.5 Å². The lowest BCUT2D eigenvalue weighted by Gasteiger charge is -2.14. The summed E-state index contributed by atoms with van der Waals surface area (Å²) in [5.74, 6) is 2.13. The molecule has 0 aliphatic heterocycles. The van der Waals surface area contributed by atoms with Gasteiger partial charge in [0, 0.05) is 44.3 Å². The highest BCUT2D eigenvalue weighted by Crippen LogP contribution is 2.30. The van der Waals surface area contributed by atoms with Crippen molar-refractivity contribution in [1.29, 1.82) is 0 Å². The lowest BCUT2D eigenvalue weighted by Crippen LogP contribution is -2.31.